The fraction of sp³-hybridized carbons (Fsp3) is 0.259. The van der Waals surface area contributed by atoms with Crippen LogP contribution in [0.1, 0.15) is 35.1 Å². The van der Waals surface area contributed by atoms with Gasteiger partial charge in [-0.3, -0.25) is 10.1 Å². The number of hydrogen-bond acceptors (Lipinski definition) is 6. The van der Waals surface area contributed by atoms with Crippen LogP contribution in [0.5, 0.6) is 17.2 Å². The predicted molar refractivity (Wildman–Crippen MR) is 142 cm³/mol. The van der Waals surface area contributed by atoms with Crippen LogP contribution >= 0.6 is 27.5 Å². The van der Waals surface area contributed by atoms with E-state index in [0.717, 1.165) is 22.0 Å². The number of hydrogen-bond donors (Lipinski definition) is 1. The van der Waals surface area contributed by atoms with Crippen molar-refractivity contribution in [3.63, 3.8) is 0 Å². The largest absolute Gasteiger partial charge is 0.495 e. The predicted octanol–water partition coefficient (Wildman–Crippen LogP) is 7.43. The number of rotatable bonds is 7. The molecule has 3 aromatic carbocycles. The lowest BCUT2D eigenvalue weighted by Gasteiger charge is -2.38. The number of fused-ring (bicyclic) bond motifs is 3. The molecular formula is C27H24BrClN2O5. The second kappa shape index (κ2) is 10.0. The fourth-order valence-electron chi connectivity index (χ4n) is 5.15. The van der Waals surface area contributed by atoms with Crippen molar-refractivity contribution in [1.29, 1.82) is 0 Å². The molecule has 186 valence electrons. The van der Waals surface area contributed by atoms with Crippen molar-refractivity contribution in [2.75, 3.05) is 19.5 Å². The van der Waals surface area contributed by atoms with Crippen LogP contribution in [0.15, 0.2) is 65.2 Å². The van der Waals surface area contributed by atoms with Crippen LogP contribution in [0.2, 0.25) is 5.02 Å². The van der Waals surface area contributed by atoms with Crippen molar-refractivity contribution >= 4 is 38.9 Å². The van der Waals surface area contributed by atoms with Gasteiger partial charge < -0.3 is 19.5 Å². The van der Waals surface area contributed by atoms with Crippen molar-refractivity contribution < 1.29 is 19.1 Å². The highest BCUT2D eigenvalue weighted by Crippen LogP contribution is 2.55. The number of allylic oxidation sites excluding steroid dienone is 2. The number of nitrogens with one attached hydrogen (secondary N) is 1. The SMILES string of the molecule is COc1ccc([N+](=O)[O-])c2c1N[C@H](c1cc(Br)c(OCc3ccccc3Cl)c(OC)c1)[C@H]1CC=C[C@@H]21. The summed E-state index contributed by atoms with van der Waals surface area (Å²) in [6, 6.07) is 14.5. The summed E-state index contributed by atoms with van der Waals surface area (Å²) in [7, 11) is 3.17. The monoisotopic (exact) mass is 570 g/mol. The van der Waals surface area contributed by atoms with Gasteiger partial charge in [0.2, 0.25) is 0 Å². The van der Waals surface area contributed by atoms with Crippen molar-refractivity contribution in [3.05, 3.63) is 97.0 Å². The third-order valence-electron chi connectivity index (χ3n) is 6.82. The van der Waals surface area contributed by atoms with E-state index in [4.69, 9.17) is 25.8 Å². The maximum Gasteiger partial charge on any atom is 0.275 e. The molecular weight excluding hydrogens is 548 g/mol. The first-order valence-corrected chi connectivity index (χ1v) is 12.6. The Hall–Kier alpha value is -3.23. The van der Waals surface area contributed by atoms with E-state index < -0.39 is 0 Å². The van der Waals surface area contributed by atoms with E-state index >= 15 is 0 Å². The van der Waals surface area contributed by atoms with Gasteiger partial charge in [-0.25, -0.2) is 0 Å². The van der Waals surface area contributed by atoms with Gasteiger partial charge >= 0.3 is 0 Å². The van der Waals surface area contributed by atoms with E-state index in [0.29, 0.717) is 40.1 Å². The lowest BCUT2D eigenvalue weighted by Crippen LogP contribution is -2.30. The number of nitro groups is 1. The van der Waals surface area contributed by atoms with Crippen LogP contribution in [0.25, 0.3) is 0 Å². The van der Waals surface area contributed by atoms with Gasteiger partial charge in [-0.1, -0.05) is 42.0 Å². The topological polar surface area (TPSA) is 82.9 Å². The van der Waals surface area contributed by atoms with Crippen LogP contribution in [-0.4, -0.2) is 19.1 Å². The summed E-state index contributed by atoms with van der Waals surface area (Å²) < 4.78 is 18.1. The number of methoxy groups -OCH3 is 2. The first kappa shape index (κ1) is 24.5. The molecule has 7 nitrogen and oxygen atoms in total. The molecule has 36 heavy (non-hydrogen) atoms. The van der Waals surface area contributed by atoms with E-state index in [2.05, 4.69) is 33.4 Å². The Morgan fingerprint density at radius 1 is 1.14 bits per heavy atom. The van der Waals surface area contributed by atoms with Gasteiger partial charge in [0.25, 0.3) is 5.69 Å². The lowest BCUT2D eigenvalue weighted by atomic mass is 9.76. The molecule has 3 atom stereocenters. The van der Waals surface area contributed by atoms with Crippen LogP contribution in [0.4, 0.5) is 11.4 Å². The standard InChI is InChI=1S/C27H24BrClN2O5/c1-34-22-11-10-21(31(32)33)24-17-7-5-8-18(17)25(30-26(22)24)16-12-19(28)27(23(13-16)35-2)36-14-15-6-3-4-9-20(15)29/h3-7,9-13,17-18,25,30H,8,14H2,1-2H3/t17-,18+,25-/m1/s1. The second-order valence-electron chi connectivity index (χ2n) is 8.72. The highest BCUT2D eigenvalue weighted by Gasteiger charge is 2.43. The fourth-order valence-corrected chi connectivity index (χ4v) is 5.91. The minimum Gasteiger partial charge on any atom is -0.495 e. The Bertz CT molecular complexity index is 1360. The molecule has 0 unspecified atom stereocenters. The maximum absolute atomic E-state index is 11.8. The van der Waals surface area contributed by atoms with Crippen LogP contribution in [0, 0.1) is 16.0 Å². The average molecular weight is 572 g/mol. The van der Waals surface area contributed by atoms with E-state index in [9.17, 15) is 10.1 Å². The third kappa shape index (κ3) is 4.29. The zero-order valence-corrected chi connectivity index (χ0v) is 22.0. The summed E-state index contributed by atoms with van der Waals surface area (Å²) in [6.07, 6.45) is 4.95. The summed E-state index contributed by atoms with van der Waals surface area (Å²) >= 11 is 9.95. The normalized spacial score (nSPS) is 19.7. The number of anilines is 1. The first-order valence-electron chi connectivity index (χ1n) is 11.4. The molecule has 1 aliphatic carbocycles. The molecule has 0 radical (unpaired) electrons. The van der Waals surface area contributed by atoms with Gasteiger partial charge in [0, 0.05) is 22.6 Å². The zero-order valence-electron chi connectivity index (χ0n) is 19.7. The second-order valence-corrected chi connectivity index (χ2v) is 9.98. The smallest absolute Gasteiger partial charge is 0.275 e. The van der Waals surface area contributed by atoms with Crippen LogP contribution < -0.4 is 19.5 Å². The molecule has 1 aliphatic heterocycles. The molecule has 0 bridgehead atoms. The van der Waals surface area contributed by atoms with Crippen molar-refractivity contribution in [2.24, 2.45) is 5.92 Å². The average Bonchev–Trinajstić information content (AvgIpc) is 3.37. The maximum atomic E-state index is 11.8. The molecule has 0 amide bonds. The summed E-state index contributed by atoms with van der Waals surface area (Å²) in [6.45, 7) is 0.290. The Morgan fingerprint density at radius 3 is 2.64 bits per heavy atom. The van der Waals surface area contributed by atoms with Gasteiger partial charge in [-0.2, -0.15) is 0 Å². The number of nitro benzene ring substituents is 1. The molecule has 0 fully saturated rings. The van der Waals surface area contributed by atoms with E-state index in [1.54, 1.807) is 20.3 Å². The van der Waals surface area contributed by atoms with Gasteiger partial charge in [-0.15, -0.1) is 0 Å². The number of nitrogens with zero attached hydrogens (tertiary/aromatic N) is 1. The molecule has 0 saturated carbocycles. The third-order valence-corrected chi connectivity index (χ3v) is 7.77. The van der Waals surface area contributed by atoms with Crippen molar-refractivity contribution in [1.82, 2.24) is 0 Å². The highest BCUT2D eigenvalue weighted by atomic mass is 79.9. The van der Waals surface area contributed by atoms with Crippen molar-refractivity contribution in [2.45, 2.75) is 25.0 Å². The van der Waals surface area contributed by atoms with E-state index in [1.807, 2.05) is 36.4 Å². The summed E-state index contributed by atoms with van der Waals surface area (Å²) in [5.41, 5.74) is 3.26. The summed E-state index contributed by atoms with van der Waals surface area (Å²) in [4.78, 5) is 11.5. The lowest BCUT2D eigenvalue weighted by molar-refractivity contribution is -0.385. The number of halogens is 2. The Kier molecular flexibility index (Phi) is 6.81. The summed E-state index contributed by atoms with van der Waals surface area (Å²) in [5.74, 6) is 1.71. The first-order chi connectivity index (χ1) is 17.4. The van der Waals surface area contributed by atoms with Gasteiger partial charge in [0.05, 0.1) is 40.9 Å². The Labute approximate surface area is 222 Å². The molecule has 3 aromatic rings. The molecule has 5 rings (SSSR count). The number of benzene rings is 3. The van der Waals surface area contributed by atoms with Gasteiger partial charge in [-0.05, 0) is 58.1 Å². The quantitative estimate of drug-likeness (QED) is 0.180. The van der Waals surface area contributed by atoms with E-state index in [1.165, 1.54) is 6.07 Å². The molecule has 2 aliphatic rings. The molecule has 0 spiro atoms. The van der Waals surface area contributed by atoms with Crippen molar-refractivity contribution in [3.8, 4) is 17.2 Å². The summed E-state index contributed by atoms with van der Waals surface area (Å²) in [5, 5.41) is 16.0. The number of ether oxygens (including phenoxy) is 3. The van der Waals surface area contributed by atoms with Crippen LogP contribution in [0.3, 0.4) is 0 Å². The molecule has 0 saturated heterocycles. The van der Waals surface area contributed by atoms with E-state index in [-0.39, 0.29) is 28.5 Å². The highest BCUT2D eigenvalue weighted by molar-refractivity contribution is 9.10. The van der Waals surface area contributed by atoms with Gasteiger partial charge in [0.1, 0.15) is 12.4 Å². The Balaban J connectivity index is 1.52. The zero-order chi connectivity index (χ0) is 25.4. The minimum absolute atomic E-state index is 0.0924. The molecule has 1 N–H and O–H groups in total. The van der Waals surface area contributed by atoms with Gasteiger partial charge in [0.15, 0.2) is 11.5 Å². The minimum atomic E-state index is -0.325. The molecule has 0 aromatic heterocycles. The molecule has 1 heterocycles. The van der Waals surface area contributed by atoms with Crippen LogP contribution in [-0.2, 0) is 6.61 Å². The molecule has 9 heteroatoms. The Morgan fingerprint density at radius 2 is 1.92 bits per heavy atom.